The summed E-state index contributed by atoms with van der Waals surface area (Å²) >= 11 is 3.35. The minimum absolute atomic E-state index is 0.0164. The number of nitrogens with zero attached hydrogens (tertiary/aromatic N) is 2. The van der Waals surface area contributed by atoms with Crippen molar-refractivity contribution in [3.05, 3.63) is 34.6 Å². The van der Waals surface area contributed by atoms with Gasteiger partial charge in [-0.1, -0.05) is 6.07 Å². The van der Waals surface area contributed by atoms with Crippen LogP contribution in [-0.2, 0) is 9.59 Å². The summed E-state index contributed by atoms with van der Waals surface area (Å²) in [4.78, 5) is 24.8. The van der Waals surface area contributed by atoms with Crippen LogP contribution in [0.3, 0.4) is 0 Å². The molecule has 1 aliphatic rings. The van der Waals surface area contributed by atoms with Gasteiger partial charge in [0.2, 0.25) is 0 Å². The van der Waals surface area contributed by atoms with Crippen molar-refractivity contribution in [1.82, 2.24) is 15.1 Å². The fourth-order valence-electron chi connectivity index (χ4n) is 2.16. The fourth-order valence-corrected chi connectivity index (χ4v) is 2.57. The van der Waals surface area contributed by atoms with Crippen molar-refractivity contribution in [2.75, 3.05) is 18.5 Å². The van der Waals surface area contributed by atoms with E-state index in [9.17, 15) is 9.59 Å². The highest BCUT2D eigenvalue weighted by atomic mass is 79.9. The van der Waals surface area contributed by atoms with Gasteiger partial charge in [0.25, 0.3) is 11.8 Å². The van der Waals surface area contributed by atoms with Gasteiger partial charge in [0.1, 0.15) is 15.8 Å². The molecule has 0 bridgehead atoms. The number of rotatable bonds is 4. The van der Waals surface area contributed by atoms with Gasteiger partial charge in [-0.05, 0) is 28.1 Å². The molecule has 108 valence electrons. The van der Waals surface area contributed by atoms with Gasteiger partial charge < -0.3 is 10.4 Å². The smallest absolute Gasteiger partial charge is 0.277 e. The van der Waals surface area contributed by atoms with Crippen LogP contribution in [0.1, 0.15) is 0 Å². The number of H-pyrrole nitrogens is 1. The number of nitrogens with one attached hydrogen (secondary N) is 2. The Bertz CT molecular complexity index is 768. The zero-order valence-electron chi connectivity index (χ0n) is 10.8. The molecule has 8 heteroatoms. The normalized spacial score (nSPS) is 15.0. The molecule has 3 rings (SSSR count). The Balaban J connectivity index is 1.91. The predicted molar refractivity (Wildman–Crippen MR) is 79.3 cm³/mol. The highest BCUT2D eigenvalue weighted by molar-refractivity contribution is 9.10. The third-order valence-corrected chi connectivity index (χ3v) is 3.75. The van der Waals surface area contributed by atoms with Crippen molar-refractivity contribution >= 4 is 44.3 Å². The zero-order valence-corrected chi connectivity index (χ0v) is 12.3. The first-order chi connectivity index (χ1) is 10.1. The maximum Gasteiger partial charge on any atom is 0.277 e. The van der Waals surface area contributed by atoms with Gasteiger partial charge in [0.15, 0.2) is 0 Å². The zero-order chi connectivity index (χ0) is 15.0. The number of aromatic amines is 1. The van der Waals surface area contributed by atoms with Crippen LogP contribution in [0.15, 0.2) is 34.6 Å². The number of amides is 2. The van der Waals surface area contributed by atoms with Crippen LogP contribution in [0.5, 0.6) is 0 Å². The maximum absolute atomic E-state index is 12.1. The Morgan fingerprint density at radius 2 is 2.19 bits per heavy atom. The maximum atomic E-state index is 12.1. The van der Waals surface area contributed by atoms with Crippen LogP contribution in [0.4, 0.5) is 5.69 Å². The molecule has 2 aromatic rings. The number of para-hydroxylation sites is 1. The van der Waals surface area contributed by atoms with Crippen LogP contribution < -0.4 is 5.32 Å². The monoisotopic (exact) mass is 350 g/mol. The van der Waals surface area contributed by atoms with Crippen molar-refractivity contribution in [3.63, 3.8) is 0 Å². The number of fused-ring (bicyclic) bond motifs is 1. The molecule has 3 N–H and O–H groups in total. The van der Waals surface area contributed by atoms with Crippen molar-refractivity contribution in [1.29, 1.82) is 0 Å². The molecule has 0 aliphatic carbocycles. The van der Waals surface area contributed by atoms with Crippen molar-refractivity contribution in [3.8, 4) is 0 Å². The van der Waals surface area contributed by atoms with Crippen molar-refractivity contribution < 1.29 is 14.7 Å². The van der Waals surface area contributed by atoms with E-state index in [4.69, 9.17) is 5.11 Å². The molecule has 0 spiro atoms. The molecular formula is C13H11BrN4O3. The SMILES string of the molecule is O=C1C=C(Nc2cccc3c(Br)[nH]nc23)C(=O)N1CCO. The Morgan fingerprint density at radius 3 is 2.95 bits per heavy atom. The lowest BCUT2D eigenvalue weighted by Crippen LogP contribution is -2.34. The summed E-state index contributed by atoms with van der Waals surface area (Å²) in [6.45, 7) is -0.280. The highest BCUT2D eigenvalue weighted by Crippen LogP contribution is 2.28. The van der Waals surface area contributed by atoms with E-state index < -0.39 is 11.8 Å². The van der Waals surface area contributed by atoms with E-state index in [1.54, 1.807) is 6.07 Å². The van der Waals surface area contributed by atoms with Crippen LogP contribution in [0.25, 0.3) is 10.9 Å². The van der Waals surface area contributed by atoms with Gasteiger partial charge in [-0.15, -0.1) is 0 Å². The van der Waals surface area contributed by atoms with Crippen molar-refractivity contribution in [2.24, 2.45) is 0 Å². The second-order valence-corrected chi connectivity index (χ2v) is 5.23. The first-order valence-electron chi connectivity index (χ1n) is 6.20. The minimum Gasteiger partial charge on any atom is -0.395 e. The topological polar surface area (TPSA) is 98.3 Å². The van der Waals surface area contributed by atoms with Crippen LogP contribution >= 0.6 is 15.9 Å². The van der Waals surface area contributed by atoms with Gasteiger partial charge in [-0.25, -0.2) is 0 Å². The molecule has 0 unspecified atom stereocenters. The van der Waals surface area contributed by atoms with E-state index in [0.29, 0.717) is 11.2 Å². The van der Waals surface area contributed by atoms with Gasteiger partial charge in [-0.2, -0.15) is 5.10 Å². The number of hydrogen-bond acceptors (Lipinski definition) is 5. The van der Waals surface area contributed by atoms with Gasteiger partial charge in [0.05, 0.1) is 18.8 Å². The lowest BCUT2D eigenvalue weighted by atomic mass is 10.2. The molecule has 1 aliphatic heterocycles. The molecular weight excluding hydrogens is 340 g/mol. The van der Waals surface area contributed by atoms with E-state index in [1.807, 2.05) is 12.1 Å². The number of anilines is 1. The quantitative estimate of drug-likeness (QED) is 0.714. The largest absolute Gasteiger partial charge is 0.395 e. The fraction of sp³-hybridized carbons (Fsp3) is 0.154. The van der Waals surface area contributed by atoms with E-state index in [0.717, 1.165) is 14.9 Å². The first-order valence-corrected chi connectivity index (χ1v) is 6.99. The molecule has 1 aromatic heterocycles. The Morgan fingerprint density at radius 1 is 1.38 bits per heavy atom. The molecule has 0 atom stereocenters. The lowest BCUT2D eigenvalue weighted by molar-refractivity contribution is -0.137. The number of hydrogen-bond donors (Lipinski definition) is 3. The summed E-state index contributed by atoms with van der Waals surface area (Å²) in [7, 11) is 0. The van der Waals surface area contributed by atoms with Gasteiger partial charge in [0, 0.05) is 11.5 Å². The summed E-state index contributed by atoms with van der Waals surface area (Å²) in [5.74, 6) is -0.896. The molecule has 0 radical (unpaired) electrons. The number of β-amino-alcohol motifs (C(OH)–C–C–N with tert-alkyl or cyclic N) is 1. The number of benzene rings is 1. The molecule has 21 heavy (non-hydrogen) atoms. The molecule has 2 amide bonds. The van der Waals surface area contributed by atoms with E-state index in [1.165, 1.54) is 6.08 Å². The number of carbonyl (C=O) groups excluding carboxylic acids is 2. The number of imide groups is 1. The number of aliphatic hydroxyl groups is 1. The molecule has 2 heterocycles. The van der Waals surface area contributed by atoms with E-state index >= 15 is 0 Å². The molecule has 0 saturated carbocycles. The predicted octanol–water partition coefficient (Wildman–Crippen LogP) is 0.982. The van der Waals surface area contributed by atoms with Crippen molar-refractivity contribution in [2.45, 2.75) is 0 Å². The number of carbonyl (C=O) groups is 2. The third-order valence-electron chi connectivity index (χ3n) is 3.14. The Labute approximate surface area is 127 Å². The van der Waals surface area contributed by atoms with Gasteiger partial charge in [-0.3, -0.25) is 19.6 Å². The first kappa shape index (κ1) is 13.8. The highest BCUT2D eigenvalue weighted by Gasteiger charge is 2.30. The standard InChI is InChI=1S/C13H11BrN4O3/c14-12-7-2-1-3-8(11(7)16-17-12)15-9-6-10(20)18(4-5-19)13(9)21/h1-3,6,15,19H,4-5H2,(H,16,17). The molecule has 7 nitrogen and oxygen atoms in total. The number of halogens is 1. The third kappa shape index (κ3) is 2.32. The second kappa shape index (κ2) is 5.30. The number of aliphatic hydroxyl groups excluding tert-OH is 1. The van der Waals surface area contributed by atoms with E-state index in [2.05, 4.69) is 31.4 Å². The Kier molecular flexibility index (Phi) is 3.48. The van der Waals surface area contributed by atoms with E-state index in [-0.39, 0.29) is 18.8 Å². The molecule has 0 fully saturated rings. The average Bonchev–Trinajstić information content (AvgIpc) is 2.96. The summed E-state index contributed by atoms with van der Waals surface area (Å²) < 4.78 is 0.742. The average molecular weight is 351 g/mol. The van der Waals surface area contributed by atoms with Crippen LogP contribution in [0.2, 0.25) is 0 Å². The summed E-state index contributed by atoms with van der Waals surface area (Å²) in [5.41, 5.74) is 1.44. The lowest BCUT2D eigenvalue weighted by Gasteiger charge is -2.13. The minimum atomic E-state index is -0.458. The second-order valence-electron chi connectivity index (χ2n) is 4.44. The Hall–Kier alpha value is -2.19. The molecule has 1 aromatic carbocycles. The summed E-state index contributed by atoms with van der Waals surface area (Å²) in [5, 5.41) is 19.6. The molecule has 0 saturated heterocycles. The van der Waals surface area contributed by atoms with Crippen LogP contribution in [0, 0.1) is 0 Å². The summed E-state index contributed by atoms with van der Waals surface area (Å²) in [6.07, 6.45) is 1.22. The number of aromatic nitrogens is 2. The summed E-state index contributed by atoms with van der Waals surface area (Å²) in [6, 6.07) is 5.46. The van der Waals surface area contributed by atoms with Gasteiger partial charge >= 0.3 is 0 Å². The van der Waals surface area contributed by atoms with Crippen LogP contribution in [-0.4, -0.2) is 45.2 Å².